The summed E-state index contributed by atoms with van der Waals surface area (Å²) >= 11 is 0. The molecule has 0 N–H and O–H groups in total. The van der Waals surface area contributed by atoms with Crippen molar-refractivity contribution in [1.82, 2.24) is 0 Å². The van der Waals surface area contributed by atoms with Crippen LogP contribution < -0.4 is 0 Å². The third-order valence-corrected chi connectivity index (χ3v) is 4.59. The number of ether oxygens (including phenoxy) is 2. The van der Waals surface area contributed by atoms with E-state index in [1.807, 2.05) is 20.8 Å². The third kappa shape index (κ3) is 3.20. The van der Waals surface area contributed by atoms with Gasteiger partial charge in [0.05, 0.1) is 12.0 Å². The summed E-state index contributed by atoms with van der Waals surface area (Å²) in [7, 11) is 1.10. The molecular weight excluding hydrogens is 248 g/mol. The number of rotatable bonds is 7. The maximum absolute atomic E-state index is 12.0. The van der Waals surface area contributed by atoms with Crippen molar-refractivity contribution in [3.8, 4) is 0 Å². The number of carbonyl (C=O) groups excluding carboxylic acids is 2. The van der Waals surface area contributed by atoms with E-state index in [1.54, 1.807) is 0 Å². The second kappa shape index (κ2) is 5.97. The van der Waals surface area contributed by atoms with E-state index in [2.05, 4.69) is 0 Å². The van der Waals surface area contributed by atoms with E-state index in [1.165, 1.54) is 0 Å². The first-order chi connectivity index (χ1) is 8.41. The molecule has 0 aromatic rings. The molecule has 0 radical (unpaired) electrons. The lowest BCUT2D eigenvalue weighted by molar-refractivity contribution is -0.183. The molecule has 0 aromatic heterocycles. The molecule has 0 aromatic carbocycles. The van der Waals surface area contributed by atoms with Gasteiger partial charge in [0.1, 0.15) is 0 Å². The fraction of sp³-hybridized carbons (Fsp3) is 0.846. The highest BCUT2D eigenvalue weighted by Crippen LogP contribution is 2.37. The number of carbonyl (C=O) groups is 2. The Labute approximate surface area is 112 Å². The molecule has 4 nitrogen and oxygen atoms in total. The Morgan fingerprint density at radius 2 is 2.00 bits per heavy atom. The molecule has 0 saturated carbocycles. The van der Waals surface area contributed by atoms with Gasteiger partial charge >= 0.3 is 11.9 Å². The van der Waals surface area contributed by atoms with Crippen LogP contribution in [-0.2, 0) is 19.1 Å². The van der Waals surface area contributed by atoms with E-state index in [4.69, 9.17) is 9.47 Å². The normalized spacial score (nSPS) is 24.6. The highest BCUT2D eigenvalue weighted by molar-refractivity contribution is 6.08. The van der Waals surface area contributed by atoms with E-state index in [-0.39, 0.29) is 12.0 Å². The van der Waals surface area contributed by atoms with Crippen molar-refractivity contribution >= 4 is 22.2 Å². The third-order valence-electron chi connectivity index (χ3n) is 3.88. The van der Waals surface area contributed by atoms with Gasteiger partial charge in [-0.25, -0.2) is 4.79 Å². The molecule has 1 heterocycles. The second-order valence-corrected chi connectivity index (χ2v) is 6.30. The smallest absolute Gasteiger partial charge is 0.346 e. The molecule has 5 heteroatoms. The van der Waals surface area contributed by atoms with Gasteiger partial charge in [-0.15, -0.1) is 0 Å². The maximum Gasteiger partial charge on any atom is 0.346 e. The fourth-order valence-electron chi connectivity index (χ4n) is 2.19. The summed E-state index contributed by atoms with van der Waals surface area (Å²) in [5.74, 6) is -0.946. The Kier molecular flexibility index (Phi) is 5.10. The van der Waals surface area contributed by atoms with Crippen LogP contribution in [0.25, 0.3) is 0 Å². The summed E-state index contributed by atoms with van der Waals surface area (Å²) < 4.78 is 10.8. The summed E-state index contributed by atoms with van der Waals surface area (Å²) in [4.78, 5) is 23.3. The van der Waals surface area contributed by atoms with Crippen LogP contribution in [0.2, 0.25) is 6.04 Å². The van der Waals surface area contributed by atoms with Gasteiger partial charge in [0.25, 0.3) is 0 Å². The lowest BCUT2D eigenvalue weighted by atomic mass is 9.92. The maximum atomic E-state index is 12.0. The standard InChI is InChI=1S/C13H24O4Si/c1-4-12(3,5-2)17-13(7-6-8-18)9-10(14)16-11(13)15/h4-9H2,1-3,18H3. The first-order valence-electron chi connectivity index (χ1n) is 6.86. The molecule has 1 fully saturated rings. The molecule has 1 unspecified atom stereocenters. The summed E-state index contributed by atoms with van der Waals surface area (Å²) in [5, 5.41) is 0. The van der Waals surface area contributed by atoms with Gasteiger partial charge in [-0.3, -0.25) is 4.79 Å². The summed E-state index contributed by atoms with van der Waals surface area (Å²) in [6, 6.07) is 1.10. The van der Waals surface area contributed by atoms with Crippen LogP contribution in [0.5, 0.6) is 0 Å². The SMILES string of the molecule is CCC(C)(CC)OC1(CCC[SiH3])CC(=O)OC1=O. The Morgan fingerprint density at radius 3 is 2.39 bits per heavy atom. The second-order valence-electron chi connectivity index (χ2n) is 5.30. The van der Waals surface area contributed by atoms with Crippen LogP contribution in [0.3, 0.4) is 0 Å². The molecule has 18 heavy (non-hydrogen) atoms. The van der Waals surface area contributed by atoms with Gasteiger partial charge in [-0.1, -0.05) is 26.3 Å². The number of hydrogen-bond donors (Lipinski definition) is 0. The van der Waals surface area contributed by atoms with E-state index >= 15 is 0 Å². The molecule has 0 bridgehead atoms. The molecule has 1 aliphatic rings. The average molecular weight is 272 g/mol. The highest BCUT2D eigenvalue weighted by atomic mass is 28.1. The Morgan fingerprint density at radius 1 is 1.39 bits per heavy atom. The summed E-state index contributed by atoms with van der Waals surface area (Å²) in [6.45, 7) is 6.06. The van der Waals surface area contributed by atoms with Crippen molar-refractivity contribution in [2.75, 3.05) is 0 Å². The van der Waals surface area contributed by atoms with Crippen LogP contribution in [0.15, 0.2) is 0 Å². The van der Waals surface area contributed by atoms with Gasteiger partial charge in [-0.05, 0) is 26.2 Å². The minimum absolute atomic E-state index is 0.0724. The van der Waals surface area contributed by atoms with E-state index in [0.29, 0.717) is 6.42 Å². The molecule has 0 amide bonds. The van der Waals surface area contributed by atoms with Gasteiger partial charge in [0.2, 0.25) is 0 Å². The Hall–Kier alpha value is -0.683. The van der Waals surface area contributed by atoms with Crippen molar-refractivity contribution in [3.63, 3.8) is 0 Å². The quantitative estimate of drug-likeness (QED) is 0.399. The first kappa shape index (κ1) is 15.4. The first-order valence-corrected chi connectivity index (χ1v) is 8.28. The Bertz CT molecular complexity index is 325. The largest absolute Gasteiger partial charge is 0.391 e. The van der Waals surface area contributed by atoms with Gasteiger partial charge in [0, 0.05) is 10.2 Å². The average Bonchev–Trinajstić information content (AvgIpc) is 2.61. The van der Waals surface area contributed by atoms with Crippen molar-refractivity contribution in [3.05, 3.63) is 0 Å². The molecule has 1 rings (SSSR count). The van der Waals surface area contributed by atoms with Gasteiger partial charge < -0.3 is 9.47 Å². The topological polar surface area (TPSA) is 52.6 Å². The van der Waals surface area contributed by atoms with E-state index < -0.39 is 17.5 Å². The molecule has 104 valence electrons. The minimum atomic E-state index is -1.03. The van der Waals surface area contributed by atoms with Crippen molar-refractivity contribution < 1.29 is 19.1 Å². The van der Waals surface area contributed by atoms with E-state index in [9.17, 15) is 9.59 Å². The number of hydrogen-bond acceptors (Lipinski definition) is 4. The lowest BCUT2D eigenvalue weighted by Gasteiger charge is -2.36. The number of cyclic esters (lactones) is 2. The minimum Gasteiger partial charge on any atom is -0.391 e. The zero-order valence-corrected chi connectivity index (χ0v) is 13.9. The number of esters is 2. The predicted octanol–water partition coefficient (Wildman–Crippen LogP) is 1.36. The zero-order valence-electron chi connectivity index (χ0n) is 11.9. The zero-order chi connectivity index (χ0) is 13.8. The van der Waals surface area contributed by atoms with Crippen LogP contribution >= 0.6 is 0 Å². The van der Waals surface area contributed by atoms with Crippen molar-refractivity contribution in [2.45, 2.75) is 70.1 Å². The molecule has 0 aliphatic carbocycles. The van der Waals surface area contributed by atoms with Gasteiger partial charge in [0.15, 0.2) is 5.60 Å². The van der Waals surface area contributed by atoms with Crippen molar-refractivity contribution in [1.29, 1.82) is 0 Å². The van der Waals surface area contributed by atoms with Crippen LogP contribution in [0.4, 0.5) is 0 Å². The predicted molar refractivity (Wildman–Crippen MR) is 72.5 cm³/mol. The lowest BCUT2D eigenvalue weighted by Crippen LogP contribution is -2.46. The van der Waals surface area contributed by atoms with E-state index in [0.717, 1.165) is 35.5 Å². The monoisotopic (exact) mass is 272 g/mol. The molecule has 1 aliphatic heterocycles. The Balaban J connectivity index is 2.91. The molecule has 0 spiro atoms. The molecule has 1 atom stereocenters. The van der Waals surface area contributed by atoms with Crippen molar-refractivity contribution in [2.24, 2.45) is 0 Å². The van der Waals surface area contributed by atoms with Crippen LogP contribution in [-0.4, -0.2) is 33.4 Å². The van der Waals surface area contributed by atoms with Crippen LogP contribution in [0.1, 0.15) is 52.9 Å². The van der Waals surface area contributed by atoms with Crippen LogP contribution in [0, 0.1) is 0 Å². The molecular formula is C13H24O4Si. The summed E-state index contributed by atoms with van der Waals surface area (Å²) in [6.07, 6.45) is 3.21. The fourth-order valence-corrected chi connectivity index (χ4v) is 2.54. The highest BCUT2D eigenvalue weighted by Gasteiger charge is 2.52. The molecule has 1 saturated heterocycles. The van der Waals surface area contributed by atoms with Gasteiger partial charge in [-0.2, -0.15) is 0 Å². The summed E-state index contributed by atoms with van der Waals surface area (Å²) in [5.41, 5.74) is -1.39.